The lowest BCUT2D eigenvalue weighted by Crippen LogP contribution is -2.52. The summed E-state index contributed by atoms with van der Waals surface area (Å²) in [6, 6.07) is 2.00. The first kappa shape index (κ1) is 31.7. The largest absolute Gasteiger partial charge is 0.511 e. The van der Waals surface area contributed by atoms with Crippen LogP contribution < -0.4 is 15.5 Å². The van der Waals surface area contributed by atoms with Gasteiger partial charge in [-0.25, -0.2) is 13.6 Å². The summed E-state index contributed by atoms with van der Waals surface area (Å²) in [5.41, 5.74) is -2.55. The summed E-state index contributed by atoms with van der Waals surface area (Å²) in [7, 11) is 1.47. The maximum Gasteiger partial charge on any atom is 0.511 e. The Hall–Kier alpha value is -4.69. The molecule has 0 radical (unpaired) electrons. The molecular formula is C30H34F2N4O9. The third-order valence-corrected chi connectivity index (χ3v) is 8.30. The third-order valence-electron chi connectivity index (χ3n) is 8.30. The van der Waals surface area contributed by atoms with Crippen molar-refractivity contribution >= 4 is 23.9 Å². The van der Waals surface area contributed by atoms with Gasteiger partial charge in [0, 0.05) is 37.0 Å². The van der Waals surface area contributed by atoms with Gasteiger partial charge in [-0.2, -0.15) is 0 Å². The Labute approximate surface area is 257 Å². The lowest BCUT2D eigenvalue weighted by atomic mass is 9.85. The summed E-state index contributed by atoms with van der Waals surface area (Å²) in [6.07, 6.45) is 2.90. The smallest absolute Gasteiger partial charge is 0.482 e. The fourth-order valence-electron chi connectivity index (χ4n) is 5.73. The van der Waals surface area contributed by atoms with E-state index in [0.29, 0.717) is 31.2 Å². The topological polar surface area (TPSA) is 147 Å². The van der Waals surface area contributed by atoms with E-state index in [9.17, 15) is 28.0 Å². The predicted molar refractivity (Wildman–Crippen MR) is 153 cm³/mol. The van der Waals surface area contributed by atoms with Crippen molar-refractivity contribution in [2.45, 2.75) is 70.2 Å². The molecule has 1 aromatic heterocycles. The van der Waals surface area contributed by atoms with Crippen molar-refractivity contribution in [2.75, 3.05) is 27.1 Å². The van der Waals surface area contributed by atoms with Gasteiger partial charge in [-0.05, 0) is 32.3 Å². The number of fused-ring (bicyclic) bond motifs is 5. The highest BCUT2D eigenvalue weighted by Gasteiger charge is 2.55. The van der Waals surface area contributed by atoms with Crippen LogP contribution in [-0.2, 0) is 25.6 Å². The molecule has 2 amide bonds. The van der Waals surface area contributed by atoms with Crippen molar-refractivity contribution in [3.63, 3.8) is 0 Å². The van der Waals surface area contributed by atoms with Crippen LogP contribution in [0.1, 0.15) is 78.4 Å². The van der Waals surface area contributed by atoms with Gasteiger partial charge in [-0.1, -0.05) is 24.6 Å². The number of carbonyl (C=O) groups excluding carboxylic acids is 3. The highest BCUT2D eigenvalue weighted by molar-refractivity contribution is 5.99. The minimum atomic E-state index is -1.03. The molecule has 4 heterocycles. The van der Waals surface area contributed by atoms with E-state index in [1.54, 1.807) is 4.90 Å². The molecule has 1 aromatic carbocycles. The summed E-state index contributed by atoms with van der Waals surface area (Å²) in [5.74, 6) is -3.27. The molecule has 2 bridgehead atoms. The van der Waals surface area contributed by atoms with Gasteiger partial charge in [0.05, 0.1) is 26.2 Å². The van der Waals surface area contributed by atoms with Gasteiger partial charge in [-0.3, -0.25) is 14.4 Å². The molecule has 13 nitrogen and oxygen atoms in total. The average Bonchev–Trinajstić information content (AvgIpc) is 3.39. The number of nitrogens with zero attached hydrogens (tertiary/aromatic N) is 3. The minimum Gasteiger partial charge on any atom is -0.482 e. The van der Waals surface area contributed by atoms with Crippen molar-refractivity contribution in [3.8, 4) is 5.75 Å². The summed E-state index contributed by atoms with van der Waals surface area (Å²) < 4.78 is 50.0. The molecule has 5 rings (SSSR count). The normalized spacial score (nSPS) is 21.8. The maximum atomic E-state index is 14.3. The summed E-state index contributed by atoms with van der Waals surface area (Å²) in [6.45, 7) is 2.94. The number of nitrogens with one attached hydrogen (secondary N) is 1. The number of halogens is 2. The van der Waals surface area contributed by atoms with Crippen molar-refractivity contribution in [1.82, 2.24) is 14.8 Å². The Morgan fingerprint density at radius 1 is 1.22 bits per heavy atom. The zero-order valence-electron chi connectivity index (χ0n) is 25.1. The number of ether oxygens (including phenoxy) is 4. The number of rotatable bonds is 9. The molecule has 3 atom stereocenters. The van der Waals surface area contributed by atoms with Crippen LogP contribution in [0.25, 0.3) is 0 Å². The summed E-state index contributed by atoms with van der Waals surface area (Å²) >= 11 is 0. The molecule has 1 fully saturated rings. The molecule has 0 aliphatic carbocycles. The molecular weight excluding hydrogens is 598 g/mol. The van der Waals surface area contributed by atoms with Gasteiger partial charge in [-0.15, -0.1) is 0 Å². The van der Waals surface area contributed by atoms with Gasteiger partial charge in [0.2, 0.25) is 23.9 Å². The van der Waals surface area contributed by atoms with E-state index in [1.807, 2.05) is 13.8 Å². The fraction of sp³-hybridized carbons (Fsp3) is 0.500. The lowest BCUT2D eigenvalue weighted by molar-refractivity contribution is -0.0658. The number of methoxy groups -OCH3 is 1. The number of amides is 2. The fourth-order valence-corrected chi connectivity index (χ4v) is 5.73. The average molecular weight is 633 g/mol. The number of benzene rings is 1. The van der Waals surface area contributed by atoms with E-state index < -0.39 is 64.8 Å². The van der Waals surface area contributed by atoms with E-state index >= 15 is 0 Å². The van der Waals surface area contributed by atoms with Crippen LogP contribution in [0.4, 0.5) is 13.6 Å². The van der Waals surface area contributed by atoms with Crippen LogP contribution in [0.15, 0.2) is 34.3 Å². The van der Waals surface area contributed by atoms with Crippen LogP contribution in [0.5, 0.6) is 5.75 Å². The first-order chi connectivity index (χ1) is 21.6. The Balaban J connectivity index is 1.54. The monoisotopic (exact) mass is 632 g/mol. The Morgan fingerprint density at radius 2 is 2.02 bits per heavy atom. The molecule has 0 saturated carbocycles. The van der Waals surface area contributed by atoms with Crippen LogP contribution in [0.3, 0.4) is 0 Å². The highest BCUT2D eigenvalue weighted by atomic mass is 19.1. The van der Waals surface area contributed by atoms with Crippen molar-refractivity contribution in [1.29, 1.82) is 0 Å². The standard InChI is InChI=1S/C30H34F2N4O9/c1-4-5-10-42-29(40)44-16-43-26-24-28(39)35-15-22(30(9-8-17(35)2)12-23(41-3)34-45-30)36(24)14-20(25(26)37)27(38)33-13-18-6-7-19(31)11-21(18)32/h6-7,11,14,17,22H,4-5,8-10,12-13,15-16H2,1-3H3,(H,33,38)/t17-,22+,30-/m0/s1. The first-order valence-electron chi connectivity index (χ1n) is 14.6. The zero-order valence-corrected chi connectivity index (χ0v) is 25.1. The van der Waals surface area contributed by atoms with Gasteiger partial charge < -0.3 is 38.6 Å². The van der Waals surface area contributed by atoms with E-state index in [-0.39, 0.29) is 43.4 Å². The Morgan fingerprint density at radius 3 is 2.73 bits per heavy atom. The quantitative estimate of drug-likeness (QED) is 0.249. The zero-order chi connectivity index (χ0) is 32.3. The predicted octanol–water partition coefficient (Wildman–Crippen LogP) is 3.64. The molecule has 0 unspecified atom stereocenters. The Kier molecular flexibility index (Phi) is 9.25. The number of hydrogen-bond donors (Lipinski definition) is 1. The molecule has 45 heavy (non-hydrogen) atoms. The highest BCUT2D eigenvalue weighted by Crippen LogP contribution is 2.46. The molecule has 1 saturated heterocycles. The molecule has 242 valence electrons. The molecule has 1 spiro atoms. The molecule has 15 heteroatoms. The van der Waals surface area contributed by atoms with E-state index in [0.717, 1.165) is 12.5 Å². The van der Waals surface area contributed by atoms with Crippen LogP contribution in [0, 0.1) is 11.6 Å². The van der Waals surface area contributed by atoms with Gasteiger partial charge in [0.15, 0.2) is 11.3 Å². The molecule has 1 N–H and O–H groups in total. The van der Waals surface area contributed by atoms with Crippen molar-refractivity contribution in [2.24, 2.45) is 5.16 Å². The van der Waals surface area contributed by atoms with E-state index in [2.05, 4.69) is 10.5 Å². The van der Waals surface area contributed by atoms with E-state index in [1.165, 1.54) is 23.9 Å². The Bertz CT molecular complexity index is 1580. The van der Waals surface area contributed by atoms with Crippen LogP contribution >= 0.6 is 0 Å². The SMILES string of the molecule is CCCCOC(=O)OCOc1c2n(cc(C(=O)NCc3ccc(F)cc3F)c1=O)[C@@H]1CN(C2=O)[C@@H](C)CC[C@]12CC(OC)=NO2. The number of pyridine rings is 1. The summed E-state index contributed by atoms with van der Waals surface area (Å²) in [5, 5.41) is 6.56. The van der Waals surface area contributed by atoms with Gasteiger partial charge in [0.1, 0.15) is 17.2 Å². The number of aromatic nitrogens is 1. The van der Waals surface area contributed by atoms with Gasteiger partial charge >= 0.3 is 6.16 Å². The third kappa shape index (κ3) is 6.28. The van der Waals surface area contributed by atoms with Crippen LogP contribution in [0.2, 0.25) is 0 Å². The molecule has 3 aliphatic heterocycles. The second-order valence-corrected chi connectivity index (χ2v) is 11.1. The summed E-state index contributed by atoms with van der Waals surface area (Å²) in [4.78, 5) is 60.7. The lowest BCUT2D eigenvalue weighted by Gasteiger charge is -2.42. The second-order valence-electron chi connectivity index (χ2n) is 11.1. The second kappa shape index (κ2) is 13.1. The van der Waals surface area contributed by atoms with Crippen molar-refractivity contribution < 1.29 is 46.9 Å². The maximum absolute atomic E-state index is 14.3. The van der Waals surface area contributed by atoms with E-state index in [4.69, 9.17) is 23.8 Å². The molecule has 3 aliphatic rings. The number of unbranched alkanes of at least 4 members (excludes halogenated alkanes) is 1. The first-order valence-corrected chi connectivity index (χ1v) is 14.6. The number of carbonyl (C=O) groups is 3. The number of oxime groups is 1. The van der Waals surface area contributed by atoms with Crippen LogP contribution in [-0.4, -0.2) is 72.0 Å². The van der Waals surface area contributed by atoms with Gasteiger partial charge in [0.25, 0.3) is 11.8 Å². The van der Waals surface area contributed by atoms with Crippen molar-refractivity contribution in [3.05, 3.63) is 63.1 Å². The number of hydrogen-bond acceptors (Lipinski definition) is 10. The minimum absolute atomic E-state index is 0.0135. The molecule has 2 aromatic rings.